The fraction of sp³-hybridized carbons (Fsp3) is 0.667. The SMILES string of the molecule is CCCCCCc1cc(C)c(C)o1. The van der Waals surface area contributed by atoms with E-state index < -0.39 is 0 Å². The Morgan fingerprint density at radius 2 is 1.92 bits per heavy atom. The molecule has 0 unspecified atom stereocenters. The van der Waals surface area contributed by atoms with Crippen molar-refractivity contribution < 1.29 is 4.42 Å². The first kappa shape index (κ1) is 10.4. The van der Waals surface area contributed by atoms with Crippen molar-refractivity contribution in [3.8, 4) is 0 Å². The van der Waals surface area contributed by atoms with Gasteiger partial charge in [0.25, 0.3) is 0 Å². The van der Waals surface area contributed by atoms with Crippen molar-refractivity contribution in [2.75, 3.05) is 0 Å². The van der Waals surface area contributed by atoms with E-state index in [4.69, 9.17) is 4.42 Å². The Hall–Kier alpha value is -0.720. The largest absolute Gasteiger partial charge is 0.466 e. The van der Waals surface area contributed by atoms with Crippen molar-refractivity contribution >= 4 is 0 Å². The first-order valence-corrected chi connectivity index (χ1v) is 5.30. The summed E-state index contributed by atoms with van der Waals surface area (Å²) in [7, 11) is 0. The number of rotatable bonds is 5. The quantitative estimate of drug-likeness (QED) is 0.624. The summed E-state index contributed by atoms with van der Waals surface area (Å²) in [5, 5.41) is 0. The van der Waals surface area contributed by atoms with Gasteiger partial charge in [-0.15, -0.1) is 0 Å². The third kappa shape index (κ3) is 3.25. The van der Waals surface area contributed by atoms with Crippen LogP contribution in [-0.4, -0.2) is 0 Å². The van der Waals surface area contributed by atoms with Crippen molar-refractivity contribution in [1.29, 1.82) is 0 Å². The van der Waals surface area contributed by atoms with Crippen molar-refractivity contribution in [3.05, 3.63) is 23.2 Å². The van der Waals surface area contributed by atoms with E-state index in [0.29, 0.717) is 0 Å². The second-order valence-corrected chi connectivity index (χ2v) is 3.76. The molecular formula is C12H20O. The monoisotopic (exact) mass is 180 g/mol. The molecule has 0 spiro atoms. The summed E-state index contributed by atoms with van der Waals surface area (Å²) in [4.78, 5) is 0. The molecule has 0 atom stereocenters. The van der Waals surface area contributed by atoms with E-state index in [0.717, 1.165) is 17.9 Å². The molecule has 0 aliphatic heterocycles. The van der Waals surface area contributed by atoms with Gasteiger partial charge >= 0.3 is 0 Å². The molecule has 1 heterocycles. The predicted octanol–water partition coefficient (Wildman–Crippen LogP) is 4.02. The van der Waals surface area contributed by atoms with E-state index in [1.807, 2.05) is 6.92 Å². The molecule has 13 heavy (non-hydrogen) atoms. The average Bonchev–Trinajstić information content (AvgIpc) is 2.41. The Labute approximate surface area is 81.1 Å². The smallest absolute Gasteiger partial charge is 0.104 e. The molecule has 0 amide bonds. The molecular weight excluding hydrogens is 160 g/mol. The highest BCUT2D eigenvalue weighted by Gasteiger charge is 2.02. The van der Waals surface area contributed by atoms with Gasteiger partial charge in [0.05, 0.1) is 0 Å². The highest BCUT2D eigenvalue weighted by molar-refractivity contribution is 5.18. The first-order valence-electron chi connectivity index (χ1n) is 5.30. The van der Waals surface area contributed by atoms with Gasteiger partial charge in [-0.05, 0) is 31.9 Å². The molecule has 74 valence electrons. The second-order valence-electron chi connectivity index (χ2n) is 3.76. The Bertz CT molecular complexity index is 228. The lowest BCUT2D eigenvalue weighted by Crippen LogP contribution is -1.82. The summed E-state index contributed by atoms with van der Waals surface area (Å²) < 4.78 is 5.59. The van der Waals surface area contributed by atoms with Crippen LogP contribution in [0.4, 0.5) is 0 Å². The van der Waals surface area contributed by atoms with Gasteiger partial charge < -0.3 is 4.42 Å². The van der Waals surface area contributed by atoms with Crippen molar-refractivity contribution in [1.82, 2.24) is 0 Å². The average molecular weight is 180 g/mol. The number of unbranched alkanes of at least 4 members (excludes halogenated alkanes) is 3. The molecule has 0 saturated heterocycles. The van der Waals surface area contributed by atoms with Crippen LogP contribution in [0.25, 0.3) is 0 Å². The molecule has 0 fully saturated rings. The lowest BCUT2D eigenvalue weighted by atomic mass is 10.1. The number of hydrogen-bond donors (Lipinski definition) is 0. The van der Waals surface area contributed by atoms with Gasteiger partial charge in [-0.1, -0.05) is 26.2 Å². The third-order valence-corrected chi connectivity index (χ3v) is 2.49. The van der Waals surface area contributed by atoms with Gasteiger partial charge in [0.15, 0.2) is 0 Å². The summed E-state index contributed by atoms with van der Waals surface area (Å²) in [5.74, 6) is 2.23. The maximum absolute atomic E-state index is 5.59. The summed E-state index contributed by atoms with van der Waals surface area (Å²) in [6.45, 7) is 6.38. The zero-order valence-corrected chi connectivity index (χ0v) is 9.02. The topological polar surface area (TPSA) is 13.1 Å². The van der Waals surface area contributed by atoms with Gasteiger partial charge in [-0.25, -0.2) is 0 Å². The van der Waals surface area contributed by atoms with Crippen molar-refractivity contribution in [2.45, 2.75) is 52.9 Å². The van der Waals surface area contributed by atoms with E-state index in [9.17, 15) is 0 Å². The summed E-state index contributed by atoms with van der Waals surface area (Å²) >= 11 is 0. The maximum atomic E-state index is 5.59. The van der Waals surface area contributed by atoms with E-state index >= 15 is 0 Å². The number of aryl methyl sites for hydroxylation is 3. The zero-order chi connectivity index (χ0) is 9.68. The number of furan rings is 1. The van der Waals surface area contributed by atoms with Crippen LogP contribution in [0.15, 0.2) is 10.5 Å². The van der Waals surface area contributed by atoms with Crippen LogP contribution in [0.3, 0.4) is 0 Å². The Morgan fingerprint density at radius 3 is 2.46 bits per heavy atom. The first-order chi connectivity index (χ1) is 6.24. The highest BCUT2D eigenvalue weighted by atomic mass is 16.3. The molecule has 0 aliphatic carbocycles. The summed E-state index contributed by atoms with van der Waals surface area (Å²) in [5.41, 5.74) is 1.28. The number of hydrogen-bond acceptors (Lipinski definition) is 1. The van der Waals surface area contributed by atoms with Crippen molar-refractivity contribution in [2.24, 2.45) is 0 Å². The van der Waals surface area contributed by atoms with E-state index in [1.165, 1.54) is 31.2 Å². The van der Waals surface area contributed by atoms with Gasteiger partial charge in [-0.2, -0.15) is 0 Å². The fourth-order valence-corrected chi connectivity index (χ4v) is 1.50. The molecule has 1 rings (SSSR count). The lowest BCUT2D eigenvalue weighted by Gasteiger charge is -1.96. The zero-order valence-electron chi connectivity index (χ0n) is 9.02. The van der Waals surface area contributed by atoms with Gasteiger partial charge in [0.1, 0.15) is 11.5 Å². The minimum Gasteiger partial charge on any atom is -0.466 e. The standard InChI is InChI=1S/C12H20O/c1-4-5-6-7-8-12-9-10(2)11(3)13-12/h9H,4-8H2,1-3H3. The predicted molar refractivity (Wildman–Crippen MR) is 56.0 cm³/mol. The lowest BCUT2D eigenvalue weighted by molar-refractivity contribution is 0.470. The summed E-state index contributed by atoms with van der Waals surface area (Å²) in [6.07, 6.45) is 6.35. The molecule has 0 aliphatic rings. The van der Waals surface area contributed by atoms with E-state index in [-0.39, 0.29) is 0 Å². The van der Waals surface area contributed by atoms with Crippen LogP contribution < -0.4 is 0 Å². The Morgan fingerprint density at radius 1 is 1.15 bits per heavy atom. The van der Waals surface area contributed by atoms with E-state index in [1.54, 1.807) is 0 Å². The van der Waals surface area contributed by atoms with Crippen LogP contribution in [0, 0.1) is 13.8 Å². The maximum Gasteiger partial charge on any atom is 0.104 e. The molecule has 0 radical (unpaired) electrons. The fourth-order valence-electron chi connectivity index (χ4n) is 1.50. The molecule has 1 aromatic heterocycles. The normalized spacial score (nSPS) is 10.7. The van der Waals surface area contributed by atoms with Gasteiger partial charge in [-0.3, -0.25) is 0 Å². The molecule has 1 aromatic rings. The van der Waals surface area contributed by atoms with E-state index in [2.05, 4.69) is 19.9 Å². The molecule has 0 aromatic carbocycles. The van der Waals surface area contributed by atoms with Crippen LogP contribution >= 0.6 is 0 Å². The van der Waals surface area contributed by atoms with Gasteiger partial charge in [0.2, 0.25) is 0 Å². The molecule has 0 saturated carbocycles. The third-order valence-electron chi connectivity index (χ3n) is 2.49. The second kappa shape index (κ2) is 5.11. The minimum absolute atomic E-state index is 1.07. The van der Waals surface area contributed by atoms with Crippen molar-refractivity contribution in [3.63, 3.8) is 0 Å². The molecule has 1 nitrogen and oxygen atoms in total. The molecule has 0 N–H and O–H groups in total. The van der Waals surface area contributed by atoms with Crippen LogP contribution in [0.2, 0.25) is 0 Å². The minimum atomic E-state index is 1.07. The molecule has 0 bridgehead atoms. The Balaban J connectivity index is 2.29. The van der Waals surface area contributed by atoms with Crippen LogP contribution in [0.5, 0.6) is 0 Å². The highest BCUT2D eigenvalue weighted by Crippen LogP contribution is 2.15. The summed E-state index contributed by atoms with van der Waals surface area (Å²) in [6, 6.07) is 2.17. The van der Waals surface area contributed by atoms with Crippen LogP contribution in [-0.2, 0) is 6.42 Å². The molecule has 1 heteroatoms. The Kier molecular flexibility index (Phi) is 4.07. The van der Waals surface area contributed by atoms with Gasteiger partial charge in [0, 0.05) is 6.42 Å². The van der Waals surface area contributed by atoms with Crippen LogP contribution in [0.1, 0.15) is 49.7 Å².